The maximum absolute atomic E-state index is 14.7. The minimum absolute atomic E-state index is 0.0676. The average molecular weight is 474 g/mol. The molecular formula is C25H23FN6O3. The van der Waals surface area contributed by atoms with Crippen LogP contribution in [0.3, 0.4) is 0 Å². The van der Waals surface area contributed by atoms with Crippen molar-refractivity contribution in [3.63, 3.8) is 0 Å². The van der Waals surface area contributed by atoms with Crippen molar-refractivity contribution in [2.75, 3.05) is 11.9 Å². The highest BCUT2D eigenvalue weighted by Crippen LogP contribution is 2.26. The Labute approximate surface area is 201 Å². The van der Waals surface area contributed by atoms with Crippen LogP contribution in [0.1, 0.15) is 40.0 Å². The Balaban J connectivity index is 1.45. The van der Waals surface area contributed by atoms with Gasteiger partial charge in [0.1, 0.15) is 5.69 Å². The van der Waals surface area contributed by atoms with Gasteiger partial charge in [0, 0.05) is 24.4 Å². The van der Waals surface area contributed by atoms with Gasteiger partial charge in [-0.25, -0.2) is 14.1 Å². The van der Waals surface area contributed by atoms with Gasteiger partial charge in [0.2, 0.25) is 5.88 Å². The number of anilines is 1. The number of aromatic nitrogens is 4. The van der Waals surface area contributed by atoms with Crippen LogP contribution in [-0.4, -0.2) is 38.3 Å². The number of benzene rings is 2. The summed E-state index contributed by atoms with van der Waals surface area (Å²) in [6, 6.07) is 17.9. The van der Waals surface area contributed by atoms with Crippen molar-refractivity contribution in [3.05, 3.63) is 89.6 Å². The zero-order valence-corrected chi connectivity index (χ0v) is 19.2. The maximum Gasteiger partial charge on any atom is 0.278 e. The molecule has 178 valence electrons. The molecule has 4 aromatic rings. The Kier molecular flexibility index (Phi) is 7.10. The van der Waals surface area contributed by atoms with Crippen molar-refractivity contribution in [1.82, 2.24) is 25.3 Å². The van der Waals surface area contributed by atoms with Gasteiger partial charge in [0.25, 0.3) is 11.8 Å². The lowest BCUT2D eigenvalue weighted by Crippen LogP contribution is -2.24. The number of hydrogen-bond acceptors (Lipinski definition) is 6. The van der Waals surface area contributed by atoms with Crippen LogP contribution < -0.4 is 15.4 Å². The van der Waals surface area contributed by atoms with Crippen LogP contribution in [0.4, 0.5) is 10.1 Å². The highest BCUT2D eigenvalue weighted by Gasteiger charge is 2.18. The third kappa shape index (κ3) is 5.49. The summed E-state index contributed by atoms with van der Waals surface area (Å²) in [4.78, 5) is 28.9. The Morgan fingerprint density at radius 3 is 2.57 bits per heavy atom. The number of nitrogens with zero attached hydrogens (tertiary/aromatic N) is 4. The van der Waals surface area contributed by atoms with Gasteiger partial charge in [-0.2, -0.15) is 0 Å². The topological polar surface area (TPSA) is 111 Å². The van der Waals surface area contributed by atoms with E-state index >= 15 is 0 Å². The minimum atomic E-state index is -0.713. The molecule has 0 spiro atoms. The summed E-state index contributed by atoms with van der Waals surface area (Å²) in [5.41, 5.74) is 1.82. The standard InChI is InChI=1S/C25H23FN6O3/c1-3-14-27-24(33)20-10-7-11-22(29-20)35-21-13-12-17(15-19(21)26)28-25(34)23-16(2)32(31-30-23)18-8-5-4-6-9-18/h4-13,15H,3,14H2,1-2H3,(H,27,33)(H,28,34). The predicted octanol–water partition coefficient (Wildman–Crippen LogP) is 4.29. The third-order valence-corrected chi connectivity index (χ3v) is 5.01. The first-order valence-corrected chi connectivity index (χ1v) is 11.0. The highest BCUT2D eigenvalue weighted by atomic mass is 19.1. The van der Waals surface area contributed by atoms with Gasteiger partial charge in [0.05, 0.1) is 11.4 Å². The molecule has 2 amide bonds. The molecule has 2 heterocycles. The fourth-order valence-corrected chi connectivity index (χ4v) is 3.24. The first-order valence-electron chi connectivity index (χ1n) is 11.0. The largest absolute Gasteiger partial charge is 0.436 e. The molecule has 0 fully saturated rings. The molecule has 2 aromatic carbocycles. The summed E-state index contributed by atoms with van der Waals surface area (Å²) < 4.78 is 21.8. The van der Waals surface area contributed by atoms with E-state index in [0.29, 0.717) is 12.2 Å². The van der Waals surface area contributed by atoms with Gasteiger partial charge in [-0.3, -0.25) is 9.59 Å². The van der Waals surface area contributed by atoms with Gasteiger partial charge in [-0.05, 0) is 43.7 Å². The number of pyridine rings is 1. The molecule has 0 saturated heterocycles. The smallest absolute Gasteiger partial charge is 0.278 e. The second-order valence-corrected chi connectivity index (χ2v) is 7.59. The SMILES string of the molecule is CCCNC(=O)c1cccc(Oc2ccc(NC(=O)c3nnn(-c4ccccc4)c3C)cc2F)n1. The molecule has 0 aliphatic carbocycles. The quantitative estimate of drug-likeness (QED) is 0.394. The number of carbonyl (C=O) groups is 2. The van der Waals surface area contributed by atoms with E-state index in [9.17, 15) is 14.0 Å². The van der Waals surface area contributed by atoms with E-state index in [0.717, 1.165) is 18.2 Å². The van der Waals surface area contributed by atoms with E-state index in [1.54, 1.807) is 23.7 Å². The first-order chi connectivity index (χ1) is 17.0. The summed E-state index contributed by atoms with van der Waals surface area (Å²) in [5.74, 6) is -1.61. The lowest BCUT2D eigenvalue weighted by Gasteiger charge is -2.10. The van der Waals surface area contributed by atoms with Gasteiger partial charge < -0.3 is 15.4 Å². The van der Waals surface area contributed by atoms with Crippen molar-refractivity contribution in [2.45, 2.75) is 20.3 Å². The predicted molar refractivity (Wildman–Crippen MR) is 127 cm³/mol. The second-order valence-electron chi connectivity index (χ2n) is 7.59. The Hall–Kier alpha value is -4.60. The van der Waals surface area contributed by atoms with E-state index in [1.165, 1.54) is 18.2 Å². The molecule has 4 rings (SSSR count). The molecule has 0 aliphatic heterocycles. The number of rotatable bonds is 8. The van der Waals surface area contributed by atoms with Gasteiger partial charge in [0.15, 0.2) is 17.3 Å². The summed E-state index contributed by atoms with van der Waals surface area (Å²) in [5, 5.41) is 13.3. The van der Waals surface area contributed by atoms with E-state index in [4.69, 9.17) is 4.74 Å². The van der Waals surface area contributed by atoms with Crippen molar-refractivity contribution in [2.24, 2.45) is 0 Å². The normalized spacial score (nSPS) is 10.6. The number of halogens is 1. The molecule has 0 radical (unpaired) electrons. The molecule has 0 aliphatic rings. The third-order valence-electron chi connectivity index (χ3n) is 5.01. The Morgan fingerprint density at radius 1 is 1.03 bits per heavy atom. The zero-order valence-electron chi connectivity index (χ0n) is 19.2. The number of hydrogen-bond donors (Lipinski definition) is 2. The van der Waals surface area contributed by atoms with E-state index in [1.807, 2.05) is 37.3 Å². The van der Waals surface area contributed by atoms with Crippen LogP contribution in [0.5, 0.6) is 11.6 Å². The van der Waals surface area contributed by atoms with E-state index < -0.39 is 11.7 Å². The van der Waals surface area contributed by atoms with Crippen molar-refractivity contribution < 1.29 is 18.7 Å². The number of carbonyl (C=O) groups excluding carboxylic acids is 2. The number of nitrogens with one attached hydrogen (secondary N) is 2. The molecular weight excluding hydrogens is 451 g/mol. The molecule has 35 heavy (non-hydrogen) atoms. The summed E-state index contributed by atoms with van der Waals surface area (Å²) in [7, 11) is 0. The number of amides is 2. The fraction of sp³-hybridized carbons (Fsp3) is 0.160. The van der Waals surface area contributed by atoms with Gasteiger partial charge in [-0.1, -0.05) is 36.4 Å². The first kappa shape index (κ1) is 23.6. The summed E-state index contributed by atoms with van der Waals surface area (Å²) in [6.07, 6.45) is 0.793. The molecule has 2 aromatic heterocycles. The summed E-state index contributed by atoms with van der Waals surface area (Å²) >= 11 is 0. The van der Waals surface area contributed by atoms with Crippen molar-refractivity contribution in [3.8, 4) is 17.3 Å². The summed E-state index contributed by atoms with van der Waals surface area (Å²) in [6.45, 7) is 4.19. The van der Waals surface area contributed by atoms with Crippen LogP contribution in [0.15, 0.2) is 66.7 Å². The zero-order chi connectivity index (χ0) is 24.8. The molecule has 10 heteroatoms. The molecule has 0 bridgehead atoms. The van der Waals surface area contributed by atoms with Gasteiger partial charge >= 0.3 is 0 Å². The van der Waals surface area contributed by atoms with Crippen molar-refractivity contribution in [1.29, 1.82) is 0 Å². The van der Waals surface area contributed by atoms with Gasteiger partial charge in [-0.15, -0.1) is 5.10 Å². The molecule has 2 N–H and O–H groups in total. The Morgan fingerprint density at radius 2 is 1.83 bits per heavy atom. The highest BCUT2D eigenvalue weighted by molar-refractivity contribution is 6.03. The second kappa shape index (κ2) is 10.6. The lowest BCUT2D eigenvalue weighted by molar-refractivity contribution is 0.0947. The van der Waals surface area contributed by atoms with Crippen LogP contribution in [0.2, 0.25) is 0 Å². The van der Waals surface area contributed by atoms with Crippen LogP contribution >= 0.6 is 0 Å². The van der Waals surface area contributed by atoms with E-state index in [-0.39, 0.29) is 34.6 Å². The van der Waals surface area contributed by atoms with Crippen LogP contribution in [-0.2, 0) is 0 Å². The fourth-order valence-electron chi connectivity index (χ4n) is 3.24. The molecule has 0 atom stereocenters. The average Bonchev–Trinajstić information content (AvgIpc) is 3.26. The molecule has 9 nitrogen and oxygen atoms in total. The molecule has 0 unspecified atom stereocenters. The minimum Gasteiger partial charge on any atom is -0.436 e. The van der Waals surface area contributed by atoms with Crippen LogP contribution in [0.25, 0.3) is 5.69 Å². The van der Waals surface area contributed by atoms with Crippen molar-refractivity contribution >= 4 is 17.5 Å². The number of ether oxygens (including phenoxy) is 1. The van der Waals surface area contributed by atoms with Crippen LogP contribution in [0, 0.1) is 12.7 Å². The van der Waals surface area contributed by atoms with E-state index in [2.05, 4.69) is 25.9 Å². The lowest BCUT2D eigenvalue weighted by atomic mass is 10.2. The monoisotopic (exact) mass is 474 g/mol. The number of para-hydroxylation sites is 1. The Bertz CT molecular complexity index is 1360. The maximum atomic E-state index is 14.7. The molecule has 0 saturated carbocycles.